The van der Waals surface area contributed by atoms with Gasteiger partial charge in [-0.25, -0.2) is 0 Å². The van der Waals surface area contributed by atoms with E-state index in [1.54, 1.807) is 11.8 Å². The third-order valence-corrected chi connectivity index (χ3v) is 5.73. The Hall–Kier alpha value is -1.00. The standard InChI is InChI=1S/C15H17ClN2OS/c1-10(11-6-2-3-7-12(11)16)17-14-18-13(19)15(20-14)8-4-5-9-15/h2-3,6-7,10H,4-5,8-9H2,1H3,(H,17,18,19)/t10-/m0/s1. The number of carbonyl (C=O) groups excluding carboxylic acids is 1. The Labute approximate surface area is 128 Å². The monoisotopic (exact) mass is 308 g/mol. The van der Waals surface area contributed by atoms with Crippen molar-refractivity contribution in [2.24, 2.45) is 4.99 Å². The van der Waals surface area contributed by atoms with Gasteiger partial charge in [0.1, 0.15) is 4.75 Å². The van der Waals surface area contributed by atoms with E-state index in [4.69, 9.17) is 11.6 Å². The van der Waals surface area contributed by atoms with Crippen molar-refractivity contribution >= 4 is 34.4 Å². The highest BCUT2D eigenvalue weighted by Crippen LogP contribution is 2.45. The summed E-state index contributed by atoms with van der Waals surface area (Å²) in [6.45, 7) is 2.00. The maximum absolute atomic E-state index is 12.2. The van der Waals surface area contributed by atoms with Crippen LogP contribution >= 0.6 is 23.4 Å². The topological polar surface area (TPSA) is 41.5 Å². The summed E-state index contributed by atoms with van der Waals surface area (Å²) in [5, 5.41) is 4.39. The van der Waals surface area contributed by atoms with E-state index in [2.05, 4.69) is 10.3 Å². The number of nitrogens with one attached hydrogen (secondary N) is 1. The number of aliphatic imine (C=N–C) groups is 1. The maximum Gasteiger partial charge on any atom is 0.242 e. The zero-order valence-electron chi connectivity index (χ0n) is 11.4. The van der Waals surface area contributed by atoms with Gasteiger partial charge in [0.15, 0.2) is 5.17 Å². The summed E-state index contributed by atoms with van der Waals surface area (Å²) in [6.07, 6.45) is 4.19. The van der Waals surface area contributed by atoms with Crippen LogP contribution in [0.15, 0.2) is 29.3 Å². The number of halogens is 1. The molecule has 1 aliphatic heterocycles. The number of nitrogens with zero attached hydrogens (tertiary/aromatic N) is 1. The van der Waals surface area contributed by atoms with E-state index in [1.807, 2.05) is 31.2 Å². The second-order valence-electron chi connectivity index (χ2n) is 5.39. The first kappa shape index (κ1) is 14.0. The van der Waals surface area contributed by atoms with Gasteiger partial charge in [-0.1, -0.05) is 54.4 Å². The first-order chi connectivity index (χ1) is 9.61. The maximum atomic E-state index is 12.2. The highest BCUT2D eigenvalue weighted by molar-refractivity contribution is 8.16. The predicted octanol–water partition coefficient (Wildman–Crippen LogP) is 3.93. The highest BCUT2D eigenvalue weighted by Gasteiger charge is 2.48. The largest absolute Gasteiger partial charge is 0.304 e. The first-order valence-electron chi connectivity index (χ1n) is 6.93. The van der Waals surface area contributed by atoms with Crippen LogP contribution in [-0.2, 0) is 4.79 Å². The lowest BCUT2D eigenvalue weighted by Crippen LogP contribution is -2.33. The number of thioether (sulfide) groups is 1. The van der Waals surface area contributed by atoms with Crippen LogP contribution in [0.5, 0.6) is 0 Å². The molecule has 106 valence electrons. The molecule has 0 unspecified atom stereocenters. The number of amidine groups is 1. The molecule has 1 atom stereocenters. The summed E-state index contributed by atoms with van der Waals surface area (Å²) >= 11 is 7.79. The van der Waals surface area contributed by atoms with Crippen LogP contribution in [0.2, 0.25) is 5.02 Å². The smallest absolute Gasteiger partial charge is 0.242 e. The van der Waals surface area contributed by atoms with Crippen molar-refractivity contribution in [3.8, 4) is 0 Å². The van der Waals surface area contributed by atoms with Crippen LogP contribution in [0, 0.1) is 0 Å². The van der Waals surface area contributed by atoms with Crippen molar-refractivity contribution in [2.75, 3.05) is 0 Å². The van der Waals surface area contributed by atoms with Crippen LogP contribution < -0.4 is 5.32 Å². The lowest BCUT2D eigenvalue weighted by Gasteiger charge is -2.15. The number of carbonyl (C=O) groups is 1. The molecule has 2 fully saturated rings. The fourth-order valence-corrected chi connectivity index (χ4v) is 4.52. The molecular formula is C15H17ClN2OS. The van der Waals surface area contributed by atoms with Crippen LogP contribution in [0.4, 0.5) is 0 Å². The Bertz CT molecular complexity index is 567. The minimum atomic E-state index is -0.251. The zero-order chi connectivity index (χ0) is 14.2. The molecule has 1 saturated heterocycles. The third-order valence-electron chi connectivity index (χ3n) is 4.00. The molecule has 1 aromatic rings. The average Bonchev–Trinajstić information content (AvgIpc) is 2.99. The van der Waals surface area contributed by atoms with E-state index in [0.717, 1.165) is 36.4 Å². The number of hydrogen-bond acceptors (Lipinski definition) is 3. The number of rotatable bonds is 2. The van der Waals surface area contributed by atoms with Crippen molar-refractivity contribution in [1.82, 2.24) is 5.32 Å². The van der Waals surface area contributed by atoms with Gasteiger partial charge < -0.3 is 5.32 Å². The fraction of sp³-hybridized carbons (Fsp3) is 0.467. The second kappa shape index (κ2) is 5.41. The molecule has 1 spiro atoms. The van der Waals surface area contributed by atoms with Gasteiger partial charge in [0.25, 0.3) is 0 Å². The molecule has 5 heteroatoms. The van der Waals surface area contributed by atoms with Crippen molar-refractivity contribution in [2.45, 2.75) is 43.4 Å². The van der Waals surface area contributed by atoms with Crippen LogP contribution in [-0.4, -0.2) is 15.8 Å². The number of amides is 1. The highest BCUT2D eigenvalue weighted by atomic mass is 35.5. The summed E-state index contributed by atoms with van der Waals surface area (Å²) in [6, 6.07) is 7.65. The number of hydrogen-bond donors (Lipinski definition) is 1. The molecule has 0 bridgehead atoms. The number of benzene rings is 1. The molecular weight excluding hydrogens is 292 g/mol. The molecule has 3 rings (SSSR count). The van der Waals surface area contributed by atoms with Crippen LogP contribution in [0.25, 0.3) is 0 Å². The van der Waals surface area contributed by atoms with Crippen LogP contribution in [0.1, 0.15) is 44.2 Å². The third kappa shape index (κ3) is 2.47. The molecule has 1 amide bonds. The summed E-state index contributed by atoms with van der Waals surface area (Å²) < 4.78 is -0.251. The van der Waals surface area contributed by atoms with E-state index in [0.29, 0.717) is 5.02 Å². The van der Waals surface area contributed by atoms with Crippen molar-refractivity contribution < 1.29 is 4.79 Å². The van der Waals surface area contributed by atoms with Crippen molar-refractivity contribution in [3.05, 3.63) is 34.9 Å². The lowest BCUT2D eigenvalue weighted by atomic mass is 10.1. The van der Waals surface area contributed by atoms with E-state index in [1.165, 1.54) is 0 Å². The Morgan fingerprint density at radius 1 is 1.35 bits per heavy atom. The Morgan fingerprint density at radius 3 is 2.75 bits per heavy atom. The lowest BCUT2D eigenvalue weighted by molar-refractivity contribution is -0.121. The molecule has 0 aromatic heterocycles. The SMILES string of the molecule is C[C@H](N=C1NC(=O)C2(CCCC2)S1)c1ccccc1Cl. The molecule has 1 aliphatic carbocycles. The molecule has 1 N–H and O–H groups in total. The molecule has 0 radical (unpaired) electrons. The van der Waals surface area contributed by atoms with Gasteiger partial charge in [-0.15, -0.1) is 0 Å². The molecule has 3 nitrogen and oxygen atoms in total. The van der Waals surface area contributed by atoms with Gasteiger partial charge in [0, 0.05) is 5.02 Å². The Kier molecular flexibility index (Phi) is 3.78. The first-order valence-corrected chi connectivity index (χ1v) is 8.13. The summed E-state index contributed by atoms with van der Waals surface area (Å²) in [5.41, 5.74) is 0.990. The average molecular weight is 309 g/mol. The van der Waals surface area contributed by atoms with Gasteiger partial charge in [0.2, 0.25) is 5.91 Å². The molecule has 1 saturated carbocycles. The van der Waals surface area contributed by atoms with Gasteiger partial charge in [-0.05, 0) is 31.4 Å². The fourth-order valence-electron chi connectivity index (χ4n) is 2.86. The van der Waals surface area contributed by atoms with E-state index in [-0.39, 0.29) is 16.7 Å². The Balaban J connectivity index is 1.80. The van der Waals surface area contributed by atoms with Crippen LogP contribution in [0.3, 0.4) is 0 Å². The van der Waals surface area contributed by atoms with Gasteiger partial charge in [0.05, 0.1) is 6.04 Å². The minimum Gasteiger partial charge on any atom is -0.304 e. The minimum absolute atomic E-state index is 0.0527. The van der Waals surface area contributed by atoms with E-state index >= 15 is 0 Å². The normalized spacial score (nSPS) is 24.3. The van der Waals surface area contributed by atoms with Crippen molar-refractivity contribution in [3.63, 3.8) is 0 Å². The van der Waals surface area contributed by atoms with Gasteiger partial charge >= 0.3 is 0 Å². The van der Waals surface area contributed by atoms with Crippen molar-refractivity contribution in [1.29, 1.82) is 0 Å². The van der Waals surface area contributed by atoms with E-state index in [9.17, 15) is 4.79 Å². The molecule has 1 aromatic carbocycles. The van der Waals surface area contributed by atoms with E-state index < -0.39 is 0 Å². The summed E-state index contributed by atoms with van der Waals surface area (Å²) in [7, 11) is 0. The molecule has 1 heterocycles. The summed E-state index contributed by atoms with van der Waals surface area (Å²) in [4.78, 5) is 16.8. The zero-order valence-corrected chi connectivity index (χ0v) is 12.9. The molecule has 2 aliphatic rings. The molecule has 20 heavy (non-hydrogen) atoms. The summed E-state index contributed by atoms with van der Waals surface area (Å²) in [5.74, 6) is 0.130. The second-order valence-corrected chi connectivity index (χ2v) is 7.17. The van der Waals surface area contributed by atoms with Gasteiger partial charge in [-0.3, -0.25) is 9.79 Å². The predicted molar refractivity (Wildman–Crippen MR) is 84.2 cm³/mol. The Morgan fingerprint density at radius 2 is 2.05 bits per heavy atom. The quantitative estimate of drug-likeness (QED) is 0.899. The van der Waals surface area contributed by atoms with Gasteiger partial charge in [-0.2, -0.15) is 0 Å².